The van der Waals surface area contributed by atoms with Crippen molar-refractivity contribution in [2.45, 2.75) is 26.6 Å². The normalized spacial score (nSPS) is 11.1. The lowest BCUT2D eigenvalue weighted by Crippen LogP contribution is -2.07. The van der Waals surface area contributed by atoms with Crippen molar-refractivity contribution in [3.05, 3.63) is 66.4 Å². The molecule has 4 rings (SSSR count). The topological polar surface area (TPSA) is 60.0 Å². The summed E-state index contributed by atoms with van der Waals surface area (Å²) in [5.41, 5.74) is 3.95. The Hall–Kier alpha value is -3.28. The smallest absolute Gasteiger partial charge is 0.178 e. The van der Waals surface area contributed by atoms with Crippen LogP contribution in [0.15, 0.2) is 60.8 Å². The summed E-state index contributed by atoms with van der Waals surface area (Å²) >= 11 is 0. The third kappa shape index (κ3) is 4.01. The maximum Gasteiger partial charge on any atom is 0.178 e. The number of nitrogens with one attached hydrogen (secondary N) is 1. The van der Waals surface area contributed by atoms with Crippen LogP contribution in [-0.4, -0.2) is 28.9 Å². The molecule has 0 aliphatic rings. The number of rotatable bonds is 6. The minimum Gasteiger partial charge on any atom is -0.490 e. The van der Waals surface area contributed by atoms with Gasteiger partial charge in [-0.05, 0) is 37.6 Å². The first kappa shape index (κ1) is 18.1. The van der Waals surface area contributed by atoms with E-state index in [1.54, 1.807) is 6.20 Å². The molecule has 0 amide bonds. The minimum absolute atomic E-state index is 0.0151. The van der Waals surface area contributed by atoms with E-state index in [4.69, 9.17) is 17.3 Å². The Balaban J connectivity index is 1.65. The number of aromatic nitrogens is 3. The van der Waals surface area contributed by atoms with Gasteiger partial charge in [0.05, 0.1) is 17.2 Å². The zero-order chi connectivity index (χ0) is 19.5. The maximum atomic E-state index is 6.03. The number of H-pyrrole nitrogens is 1. The third-order valence-electron chi connectivity index (χ3n) is 4.18. The highest BCUT2D eigenvalue weighted by atomic mass is 16.5. The number of aromatic amines is 1. The molecule has 2 heterocycles. The minimum atomic E-state index is 0.0151. The van der Waals surface area contributed by atoms with Gasteiger partial charge in [-0.25, -0.2) is 9.97 Å². The molecule has 0 saturated carbocycles. The van der Waals surface area contributed by atoms with Gasteiger partial charge in [0.15, 0.2) is 5.65 Å². The molecule has 1 N–H and O–H groups in total. The van der Waals surface area contributed by atoms with Gasteiger partial charge in [-0.3, -0.25) is 0 Å². The van der Waals surface area contributed by atoms with Gasteiger partial charge in [0.25, 0.3) is 0 Å². The molecule has 5 nitrogen and oxygen atoms in total. The van der Waals surface area contributed by atoms with Gasteiger partial charge in [-0.2, -0.15) is 0 Å². The monoisotopic (exact) mass is 369 g/mol. The highest BCUT2D eigenvalue weighted by molar-refractivity contribution is 6.32. The Morgan fingerprint density at radius 3 is 2.68 bits per heavy atom. The summed E-state index contributed by atoms with van der Waals surface area (Å²) in [5.74, 6) is 2.12. The fourth-order valence-corrected chi connectivity index (χ4v) is 2.92. The summed E-state index contributed by atoms with van der Waals surface area (Å²) in [4.78, 5) is 12.1. The number of fused-ring (bicyclic) bond motifs is 1. The quantitative estimate of drug-likeness (QED) is 0.526. The van der Waals surface area contributed by atoms with Crippen LogP contribution >= 0.6 is 0 Å². The molecular formula is C22H20BN3O2. The first-order valence-corrected chi connectivity index (χ1v) is 9.17. The fraction of sp³-hybridized carbons (Fsp3) is 0.182. The zero-order valence-corrected chi connectivity index (χ0v) is 15.8. The van der Waals surface area contributed by atoms with Gasteiger partial charge < -0.3 is 14.5 Å². The molecule has 4 aromatic rings. The van der Waals surface area contributed by atoms with E-state index in [0.717, 1.165) is 22.4 Å². The van der Waals surface area contributed by atoms with Gasteiger partial charge in [0.2, 0.25) is 0 Å². The van der Waals surface area contributed by atoms with Crippen molar-refractivity contribution in [2.24, 2.45) is 0 Å². The number of ether oxygens (including phenoxy) is 2. The molecule has 0 fully saturated rings. The molecule has 2 aromatic heterocycles. The second-order valence-electron chi connectivity index (χ2n) is 6.82. The van der Waals surface area contributed by atoms with E-state index in [9.17, 15) is 0 Å². The van der Waals surface area contributed by atoms with Gasteiger partial charge >= 0.3 is 0 Å². The van der Waals surface area contributed by atoms with Crippen molar-refractivity contribution in [3.63, 3.8) is 0 Å². The van der Waals surface area contributed by atoms with Crippen molar-refractivity contribution in [1.29, 1.82) is 0 Å². The predicted molar refractivity (Wildman–Crippen MR) is 111 cm³/mol. The van der Waals surface area contributed by atoms with E-state index in [-0.39, 0.29) is 6.10 Å². The van der Waals surface area contributed by atoms with Gasteiger partial charge in [0.1, 0.15) is 31.8 Å². The van der Waals surface area contributed by atoms with Crippen LogP contribution in [0.1, 0.15) is 19.4 Å². The van der Waals surface area contributed by atoms with Gasteiger partial charge in [0, 0.05) is 12.3 Å². The number of imidazole rings is 1. The van der Waals surface area contributed by atoms with Gasteiger partial charge in [-0.1, -0.05) is 35.8 Å². The maximum absolute atomic E-state index is 6.03. The predicted octanol–water partition coefficient (Wildman–Crippen LogP) is 3.78. The summed E-state index contributed by atoms with van der Waals surface area (Å²) in [6.07, 6.45) is 1.61. The lowest BCUT2D eigenvalue weighted by molar-refractivity contribution is 0.240. The second-order valence-corrected chi connectivity index (χ2v) is 6.82. The highest BCUT2D eigenvalue weighted by Gasteiger charge is 2.14. The van der Waals surface area contributed by atoms with Crippen LogP contribution in [0.25, 0.3) is 22.6 Å². The van der Waals surface area contributed by atoms with Gasteiger partial charge in [-0.15, -0.1) is 0 Å². The molecule has 138 valence electrons. The van der Waals surface area contributed by atoms with E-state index < -0.39 is 0 Å². The lowest BCUT2D eigenvalue weighted by atomic mass is 9.99. The van der Waals surface area contributed by atoms with E-state index in [1.807, 2.05) is 68.4 Å². The first-order valence-electron chi connectivity index (χ1n) is 9.17. The third-order valence-corrected chi connectivity index (χ3v) is 4.18. The van der Waals surface area contributed by atoms with Crippen molar-refractivity contribution in [2.75, 3.05) is 0 Å². The Bertz CT molecular complexity index is 1090. The van der Waals surface area contributed by atoms with E-state index in [1.165, 1.54) is 0 Å². The fourth-order valence-electron chi connectivity index (χ4n) is 2.92. The number of hydrogen-bond acceptors (Lipinski definition) is 4. The molecule has 2 radical (unpaired) electrons. The van der Waals surface area contributed by atoms with Crippen molar-refractivity contribution >= 4 is 24.5 Å². The van der Waals surface area contributed by atoms with Crippen LogP contribution < -0.4 is 14.9 Å². The number of hydrogen-bond donors (Lipinski definition) is 1. The van der Waals surface area contributed by atoms with Crippen LogP contribution in [0.2, 0.25) is 0 Å². The molecule has 6 heteroatoms. The Kier molecular flexibility index (Phi) is 5.02. The number of nitrogens with zero attached hydrogens (tertiary/aromatic N) is 2. The molecule has 2 aromatic carbocycles. The standard InChI is InChI=1S/C22H20BN3O2/c1-14(2)28-20-11-17(27-13-15-6-4-3-5-7-15)8-9-18(20)21-25-19-10-16(23)12-24-22(19)26-21/h3-12,14H,13H2,1-2H3,(H,24,25,26). The molecule has 28 heavy (non-hydrogen) atoms. The van der Waals surface area contributed by atoms with Crippen LogP contribution in [0, 0.1) is 0 Å². The van der Waals surface area contributed by atoms with E-state index in [0.29, 0.717) is 29.3 Å². The largest absolute Gasteiger partial charge is 0.490 e. The van der Waals surface area contributed by atoms with Crippen LogP contribution in [0.3, 0.4) is 0 Å². The molecule has 0 saturated heterocycles. The van der Waals surface area contributed by atoms with Crippen LogP contribution in [0.5, 0.6) is 11.5 Å². The molecule has 0 bridgehead atoms. The summed E-state index contributed by atoms with van der Waals surface area (Å²) < 4.78 is 12.0. The average Bonchev–Trinajstić information content (AvgIpc) is 3.09. The molecule has 0 aliphatic carbocycles. The number of pyridine rings is 1. The second kappa shape index (κ2) is 7.76. The first-order chi connectivity index (χ1) is 13.6. The van der Waals surface area contributed by atoms with E-state index >= 15 is 0 Å². The summed E-state index contributed by atoms with van der Waals surface area (Å²) in [6, 6.07) is 17.6. The van der Waals surface area contributed by atoms with Crippen LogP contribution in [0.4, 0.5) is 0 Å². The Morgan fingerprint density at radius 2 is 1.89 bits per heavy atom. The summed E-state index contributed by atoms with van der Waals surface area (Å²) in [6.45, 7) is 4.47. The molecular weight excluding hydrogens is 349 g/mol. The van der Waals surface area contributed by atoms with Crippen molar-refractivity contribution in [3.8, 4) is 22.9 Å². The summed E-state index contributed by atoms with van der Waals surface area (Å²) in [5, 5.41) is 0. The zero-order valence-electron chi connectivity index (χ0n) is 15.8. The lowest BCUT2D eigenvalue weighted by Gasteiger charge is -2.15. The average molecular weight is 369 g/mol. The number of benzene rings is 2. The Labute approximate surface area is 165 Å². The summed E-state index contributed by atoms with van der Waals surface area (Å²) in [7, 11) is 5.82. The molecule has 0 aliphatic heterocycles. The van der Waals surface area contributed by atoms with Crippen molar-refractivity contribution in [1.82, 2.24) is 15.0 Å². The Morgan fingerprint density at radius 1 is 1.07 bits per heavy atom. The van der Waals surface area contributed by atoms with Crippen molar-refractivity contribution < 1.29 is 9.47 Å². The molecule has 0 atom stereocenters. The molecule has 0 spiro atoms. The van der Waals surface area contributed by atoms with E-state index in [2.05, 4.69) is 15.0 Å². The highest BCUT2D eigenvalue weighted by Crippen LogP contribution is 2.33. The SMILES string of the molecule is [B]c1cnc2nc(-c3ccc(OCc4ccccc4)cc3OC(C)C)[nH]c2c1. The van der Waals surface area contributed by atoms with Crippen LogP contribution in [-0.2, 0) is 6.61 Å². The molecule has 0 unspecified atom stereocenters.